The van der Waals surface area contributed by atoms with Gasteiger partial charge in [-0.3, -0.25) is 9.98 Å². The van der Waals surface area contributed by atoms with Crippen molar-refractivity contribution < 1.29 is 22.7 Å². The number of fused-ring (bicyclic) bond motifs is 1. The van der Waals surface area contributed by atoms with Gasteiger partial charge in [0.25, 0.3) is 0 Å². The van der Waals surface area contributed by atoms with Gasteiger partial charge in [0.2, 0.25) is 0 Å². The van der Waals surface area contributed by atoms with E-state index in [0.717, 1.165) is 11.6 Å². The molecule has 0 saturated carbocycles. The molecule has 4 aromatic rings. The molecule has 0 aliphatic carbocycles. The lowest BCUT2D eigenvalue weighted by atomic mass is 10.1. The number of nitrogens with one attached hydrogen (secondary N) is 2. The van der Waals surface area contributed by atoms with Gasteiger partial charge in [0.1, 0.15) is 5.82 Å². The van der Waals surface area contributed by atoms with Crippen LogP contribution in [0.15, 0.2) is 65.9 Å². The van der Waals surface area contributed by atoms with E-state index in [0.29, 0.717) is 23.9 Å². The number of aliphatic imine (C=N–C) groups is 1. The first kappa shape index (κ1) is 21.4. The standard InChI is InChI=1S/C23H18F4N4O/c24-15-3-5-17-18(22(32)31-21(17)10-15)13-30-16-4-6-20(19(11-16)23(25,26)27)29-9-7-14-2-1-8-28-12-14/h1-6,8,10-13,29,31-32H,7,9H2. The molecule has 0 spiro atoms. The smallest absolute Gasteiger partial charge is 0.418 e. The summed E-state index contributed by atoms with van der Waals surface area (Å²) in [4.78, 5) is 10.7. The van der Waals surface area contributed by atoms with E-state index in [1.165, 1.54) is 36.5 Å². The summed E-state index contributed by atoms with van der Waals surface area (Å²) >= 11 is 0. The Morgan fingerprint density at radius 1 is 1.12 bits per heavy atom. The number of hydrogen-bond donors (Lipinski definition) is 3. The van der Waals surface area contributed by atoms with Crippen LogP contribution in [0.2, 0.25) is 0 Å². The molecule has 0 amide bonds. The molecule has 2 aromatic heterocycles. The van der Waals surface area contributed by atoms with E-state index in [2.05, 4.69) is 20.3 Å². The van der Waals surface area contributed by atoms with Gasteiger partial charge in [-0.25, -0.2) is 4.39 Å². The Balaban J connectivity index is 1.57. The molecule has 0 unspecified atom stereocenters. The third-order valence-corrected chi connectivity index (χ3v) is 4.88. The Bertz CT molecular complexity index is 1270. The summed E-state index contributed by atoms with van der Waals surface area (Å²) in [6, 6.07) is 11.2. The van der Waals surface area contributed by atoms with Crippen LogP contribution in [-0.4, -0.2) is 27.8 Å². The van der Waals surface area contributed by atoms with Gasteiger partial charge < -0.3 is 15.4 Å². The molecule has 32 heavy (non-hydrogen) atoms. The van der Waals surface area contributed by atoms with Crippen molar-refractivity contribution in [3.8, 4) is 5.88 Å². The van der Waals surface area contributed by atoms with E-state index >= 15 is 0 Å². The Kier molecular flexibility index (Phi) is 5.81. The van der Waals surface area contributed by atoms with Crippen LogP contribution in [0, 0.1) is 5.82 Å². The summed E-state index contributed by atoms with van der Waals surface area (Å²) in [7, 11) is 0. The first-order chi connectivity index (χ1) is 15.3. The number of alkyl halides is 3. The SMILES string of the molecule is Oc1[nH]c2cc(F)ccc2c1C=Nc1ccc(NCCc2cccnc2)c(C(F)(F)F)c1. The van der Waals surface area contributed by atoms with Gasteiger partial charge in [0.05, 0.1) is 22.3 Å². The minimum Gasteiger partial charge on any atom is -0.494 e. The Morgan fingerprint density at radius 3 is 2.72 bits per heavy atom. The van der Waals surface area contributed by atoms with Crippen molar-refractivity contribution in [2.75, 3.05) is 11.9 Å². The monoisotopic (exact) mass is 442 g/mol. The summed E-state index contributed by atoms with van der Waals surface area (Å²) in [5.41, 5.74) is 0.689. The second-order valence-electron chi connectivity index (χ2n) is 7.10. The molecule has 0 radical (unpaired) electrons. The molecule has 3 N–H and O–H groups in total. The largest absolute Gasteiger partial charge is 0.494 e. The van der Waals surface area contributed by atoms with Crippen LogP contribution in [0.3, 0.4) is 0 Å². The normalized spacial score (nSPS) is 12.0. The number of aromatic amines is 1. The van der Waals surface area contributed by atoms with Crippen molar-refractivity contribution in [2.24, 2.45) is 4.99 Å². The molecule has 2 heterocycles. The average Bonchev–Trinajstić information content (AvgIpc) is 3.06. The van der Waals surface area contributed by atoms with Gasteiger partial charge in [-0.15, -0.1) is 0 Å². The number of pyridine rings is 1. The molecule has 0 saturated heterocycles. The predicted octanol–water partition coefficient (Wildman–Crippen LogP) is 5.83. The highest BCUT2D eigenvalue weighted by Gasteiger charge is 2.33. The summed E-state index contributed by atoms with van der Waals surface area (Å²) < 4.78 is 54.2. The zero-order chi connectivity index (χ0) is 22.7. The number of nitrogens with zero attached hydrogens (tertiary/aromatic N) is 2. The van der Waals surface area contributed by atoms with Crippen molar-refractivity contribution in [3.05, 3.63) is 83.4 Å². The summed E-state index contributed by atoms with van der Waals surface area (Å²) in [6.45, 7) is 0.303. The quantitative estimate of drug-likeness (QED) is 0.260. The maximum Gasteiger partial charge on any atom is 0.418 e. The van der Waals surface area contributed by atoms with Crippen LogP contribution in [0.25, 0.3) is 10.9 Å². The van der Waals surface area contributed by atoms with Crippen LogP contribution in [0.4, 0.5) is 28.9 Å². The molecular weight excluding hydrogens is 424 g/mol. The van der Waals surface area contributed by atoms with Crippen LogP contribution in [0.1, 0.15) is 16.7 Å². The van der Waals surface area contributed by atoms with Crippen molar-refractivity contribution in [1.82, 2.24) is 9.97 Å². The fraction of sp³-hybridized carbons (Fsp3) is 0.130. The third kappa shape index (κ3) is 4.72. The van der Waals surface area contributed by atoms with Crippen molar-refractivity contribution >= 4 is 28.5 Å². The molecule has 0 aliphatic heterocycles. The zero-order valence-electron chi connectivity index (χ0n) is 16.6. The number of aromatic nitrogens is 2. The minimum atomic E-state index is -4.58. The number of halogens is 4. The first-order valence-electron chi connectivity index (χ1n) is 9.69. The van der Waals surface area contributed by atoms with Crippen molar-refractivity contribution in [2.45, 2.75) is 12.6 Å². The predicted molar refractivity (Wildman–Crippen MR) is 115 cm³/mol. The van der Waals surface area contributed by atoms with E-state index in [1.807, 2.05) is 6.07 Å². The second-order valence-corrected chi connectivity index (χ2v) is 7.10. The fourth-order valence-corrected chi connectivity index (χ4v) is 3.34. The molecular formula is C23H18F4N4O. The second kappa shape index (κ2) is 8.70. The molecule has 5 nitrogen and oxygen atoms in total. The van der Waals surface area contributed by atoms with E-state index in [9.17, 15) is 22.7 Å². The number of H-pyrrole nitrogens is 1. The lowest BCUT2D eigenvalue weighted by molar-refractivity contribution is -0.136. The van der Waals surface area contributed by atoms with Crippen LogP contribution >= 0.6 is 0 Å². The molecule has 2 aromatic carbocycles. The van der Waals surface area contributed by atoms with Gasteiger partial charge in [-0.05, 0) is 54.4 Å². The summed E-state index contributed by atoms with van der Waals surface area (Å²) in [5.74, 6) is -0.734. The highest BCUT2D eigenvalue weighted by Crippen LogP contribution is 2.37. The third-order valence-electron chi connectivity index (χ3n) is 4.88. The molecule has 164 valence electrons. The van der Waals surface area contributed by atoms with Gasteiger partial charge in [0.15, 0.2) is 5.88 Å². The topological polar surface area (TPSA) is 73.3 Å². The molecule has 0 bridgehead atoms. The van der Waals surface area contributed by atoms with E-state index in [4.69, 9.17) is 0 Å². The Morgan fingerprint density at radius 2 is 1.97 bits per heavy atom. The van der Waals surface area contributed by atoms with Crippen LogP contribution in [-0.2, 0) is 12.6 Å². The van der Waals surface area contributed by atoms with Crippen LogP contribution in [0.5, 0.6) is 5.88 Å². The molecule has 0 aliphatic rings. The van der Waals surface area contributed by atoms with Gasteiger partial charge in [-0.1, -0.05) is 6.07 Å². The number of benzene rings is 2. The number of aromatic hydroxyl groups is 1. The zero-order valence-corrected chi connectivity index (χ0v) is 16.6. The lowest BCUT2D eigenvalue weighted by Gasteiger charge is -2.15. The molecule has 9 heteroatoms. The number of rotatable bonds is 6. The molecule has 4 rings (SSSR count). The average molecular weight is 442 g/mol. The van der Waals surface area contributed by atoms with Crippen molar-refractivity contribution in [3.63, 3.8) is 0 Å². The fourth-order valence-electron chi connectivity index (χ4n) is 3.34. The lowest BCUT2D eigenvalue weighted by Crippen LogP contribution is -2.12. The van der Waals surface area contributed by atoms with E-state index in [-0.39, 0.29) is 22.8 Å². The van der Waals surface area contributed by atoms with Crippen LogP contribution < -0.4 is 5.32 Å². The number of hydrogen-bond acceptors (Lipinski definition) is 4. The Labute approximate surface area is 180 Å². The molecule has 0 fully saturated rings. The minimum absolute atomic E-state index is 0.0502. The maximum absolute atomic E-state index is 13.6. The molecule has 0 atom stereocenters. The highest BCUT2D eigenvalue weighted by molar-refractivity contribution is 6.02. The number of anilines is 1. The Hall–Kier alpha value is -3.88. The van der Waals surface area contributed by atoms with Gasteiger partial charge >= 0.3 is 6.18 Å². The summed E-state index contributed by atoms with van der Waals surface area (Å²) in [6.07, 6.45) is 0.482. The maximum atomic E-state index is 13.6. The van der Waals surface area contributed by atoms with Gasteiger partial charge in [0, 0.05) is 36.2 Å². The summed E-state index contributed by atoms with van der Waals surface area (Å²) in [5, 5.41) is 13.4. The van der Waals surface area contributed by atoms with E-state index < -0.39 is 17.6 Å². The van der Waals surface area contributed by atoms with Crippen molar-refractivity contribution in [1.29, 1.82) is 0 Å². The highest BCUT2D eigenvalue weighted by atomic mass is 19.4. The first-order valence-corrected chi connectivity index (χ1v) is 9.69. The van der Waals surface area contributed by atoms with Gasteiger partial charge in [-0.2, -0.15) is 13.2 Å². The van der Waals surface area contributed by atoms with E-state index in [1.54, 1.807) is 18.5 Å².